The molecule has 2 N–H and O–H groups in total. The van der Waals surface area contributed by atoms with Crippen molar-refractivity contribution in [3.05, 3.63) is 59.4 Å². The molecule has 102 valence electrons. The first kappa shape index (κ1) is 11.8. The number of carbonyl (C=O) groups excluding carboxylic acids is 1. The molecular formula is C17H18N2O. The van der Waals surface area contributed by atoms with E-state index in [1.54, 1.807) is 0 Å². The molecule has 0 aromatic heterocycles. The van der Waals surface area contributed by atoms with Crippen LogP contribution in [0.5, 0.6) is 0 Å². The summed E-state index contributed by atoms with van der Waals surface area (Å²) >= 11 is 0. The molecule has 3 unspecified atom stereocenters. The van der Waals surface area contributed by atoms with Crippen molar-refractivity contribution in [3.63, 3.8) is 0 Å². The van der Waals surface area contributed by atoms with Gasteiger partial charge < -0.3 is 10.6 Å². The highest BCUT2D eigenvalue weighted by Crippen LogP contribution is 2.32. The van der Waals surface area contributed by atoms with Crippen LogP contribution in [0.25, 0.3) is 0 Å². The first-order chi connectivity index (χ1) is 9.79. The lowest BCUT2D eigenvalue weighted by Crippen LogP contribution is -2.30. The number of carbonyl (C=O) groups is 1. The first-order valence-corrected chi connectivity index (χ1v) is 7.31. The van der Waals surface area contributed by atoms with Gasteiger partial charge in [-0.3, -0.25) is 4.79 Å². The molecule has 3 nitrogen and oxygen atoms in total. The number of amides is 1. The number of fused-ring (bicyclic) bond motifs is 2. The van der Waals surface area contributed by atoms with E-state index in [2.05, 4.69) is 53.2 Å². The van der Waals surface area contributed by atoms with E-state index < -0.39 is 0 Å². The van der Waals surface area contributed by atoms with E-state index in [4.69, 9.17) is 0 Å². The lowest BCUT2D eigenvalue weighted by atomic mass is 9.91. The molecule has 2 heterocycles. The summed E-state index contributed by atoms with van der Waals surface area (Å²) in [6, 6.07) is 0.478. The van der Waals surface area contributed by atoms with Gasteiger partial charge in [0.2, 0.25) is 5.91 Å². The van der Waals surface area contributed by atoms with Gasteiger partial charge in [-0.25, -0.2) is 0 Å². The van der Waals surface area contributed by atoms with E-state index in [0.717, 1.165) is 12.8 Å². The third-order valence-electron chi connectivity index (χ3n) is 4.53. The molecule has 0 aromatic rings. The number of nitrogens with one attached hydrogen (secondary N) is 2. The van der Waals surface area contributed by atoms with Gasteiger partial charge in [-0.1, -0.05) is 36.5 Å². The average Bonchev–Trinajstić information content (AvgIpc) is 3.01. The molecule has 0 radical (unpaired) electrons. The Bertz CT molecular complexity index is 606. The van der Waals surface area contributed by atoms with Crippen molar-refractivity contribution in [1.82, 2.24) is 10.6 Å². The second-order valence-corrected chi connectivity index (χ2v) is 5.91. The van der Waals surface area contributed by atoms with Gasteiger partial charge in [-0.05, 0) is 30.1 Å². The number of rotatable bonds is 1. The zero-order chi connectivity index (χ0) is 13.5. The third-order valence-corrected chi connectivity index (χ3v) is 4.53. The zero-order valence-electron chi connectivity index (χ0n) is 11.3. The van der Waals surface area contributed by atoms with E-state index in [0.29, 0.717) is 18.4 Å². The van der Waals surface area contributed by atoms with E-state index in [1.165, 1.54) is 16.8 Å². The number of hydrogen-bond acceptors (Lipinski definition) is 2. The molecule has 20 heavy (non-hydrogen) atoms. The van der Waals surface area contributed by atoms with E-state index in [1.807, 2.05) is 0 Å². The van der Waals surface area contributed by atoms with E-state index in [9.17, 15) is 4.79 Å². The second kappa shape index (κ2) is 4.51. The Morgan fingerprint density at radius 3 is 3.05 bits per heavy atom. The van der Waals surface area contributed by atoms with Crippen LogP contribution in [0.4, 0.5) is 0 Å². The molecule has 3 atom stereocenters. The highest BCUT2D eigenvalue weighted by Gasteiger charge is 2.32. The third kappa shape index (κ3) is 1.94. The predicted molar refractivity (Wildman–Crippen MR) is 78.7 cm³/mol. The van der Waals surface area contributed by atoms with Crippen LogP contribution >= 0.6 is 0 Å². The van der Waals surface area contributed by atoms with Crippen molar-refractivity contribution in [2.24, 2.45) is 5.92 Å². The Balaban J connectivity index is 1.55. The van der Waals surface area contributed by atoms with Gasteiger partial charge in [0.15, 0.2) is 0 Å². The molecule has 3 heteroatoms. The number of hydrogen-bond donors (Lipinski definition) is 2. The molecule has 0 aromatic carbocycles. The second-order valence-electron chi connectivity index (χ2n) is 5.91. The molecule has 2 aliphatic heterocycles. The van der Waals surface area contributed by atoms with Crippen molar-refractivity contribution in [3.8, 4) is 0 Å². The van der Waals surface area contributed by atoms with Crippen molar-refractivity contribution < 1.29 is 4.79 Å². The molecule has 2 saturated heterocycles. The normalized spacial score (nSPS) is 36.1. The van der Waals surface area contributed by atoms with Gasteiger partial charge in [0.25, 0.3) is 0 Å². The first-order valence-electron chi connectivity index (χ1n) is 7.31. The van der Waals surface area contributed by atoms with Gasteiger partial charge in [-0.15, -0.1) is 0 Å². The van der Waals surface area contributed by atoms with Crippen molar-refractivity contribution in [1.29, 1.82) is 0 Å². The molecule has 0 saturated carbocycles. The molecule has 4 rings (SSSR count). The van der Waals surface area contributed by atoms with Gasteiger partial charge in [0.05, 0.1) is 12.5 Å². The number of allylic oxidation sites excluding steroid dienone is 6. The van der Waals surface area contributed by atoms with E-state index >= 15 is 0 Å². The van der Waals surface area contributed by atoms with Crippen molar-refractivity contribution in [2.75, 3.05) is 0 Å². The molecule has 2 aliphatic carbocycles. The fourth-order valence-electron chi connectivity index (χ4n) is 3.56. The lowest BCUT2D eigenvalue weighted by Gasteiger charge is -2.18. The largest absolute Gasteiger partial charge is 0.382 e. The lowest BCUT2D eigenvalue weighted by molar-refractivity contribution is -0.119. The van der Waals surface area contributed by atoms with Gasteiger partial charge in [0, 0.05) is 17.7 Å². The summed E-state index contributed by atoms with van der Waals surface area (Å²) in [6.45, 7) is 0. The maximum Gasteiger partial charge on any atom is 0.224 e. The quantitative estimate of drug-likeness (QED) is 0.763. The summed E-state index contributed by atoms with van der Waals surface area (Å²) in [5.74, 6) is 0.776. The predicted octanol–water partition coefficient (Wildman–Crippen LogP) is 2.12. The van der Waals surface area contributed by atoms with Crippen molar-refractivity contribution in [2.45, 2.75) is 31.3 Å². The maximum absolute atomic E-state index is 11.6. The minimum atomic E-state index is 0.101. The summed E-state index contributed by atoms with van der Waals surface area (Å²) in [7, 11) is 0. The molecule has 4 aliphatic rings. The van der Waals surface area contributed by atoms with Crippen LogP contribution < -0.4 is 10.6 Å². The monoisotopic (exact) mass is 266 g/mol. The topological polar surface area (TPSA) is 41.1 Å². The van der Waals surface area contributed by atoms with Gasteiger partial charge in [0.1, 0.15) is 0 Å². The van der Waals surface area contributed by atoms with E-state index in [-0.39, 0.29) is 11.9 Å². The summed E-state index contributed by atoms with van der Waals surface area (Å²) in [4.78, 5) is 11.6. The molecule has 0 bridgehead atoms. The minimum Gasteiger partial charge on any atom is -0.382 e. The molecular weight excluding hydrogens is 248 g/mol. The highest BCUT2D eigenvalue weighted by atomic mass is 16.1. The average molecular weight is 266 g/mol. The summed E-state index contributed by atoms with van der Waals surface area (Å²) in [5.41, 5.74) is 3.78. The maximum atomic E-state index is 11.6. The summed E-state index contributed by atoms with van der Waals surface area (Å²) in [5, 5.41) is 6.66. The minimum absolute atomic E-state index is 0.101. The molecule has 2 fully saturated rings. The van der Waals surface area contributed by atoms with Crippen LogP contribution in [0.1, 0.15) is 19.3 Å². The van der Waals surface area contributed by atoms with Crippen LogP contribution in [0.2, 0.25) is 0 Å². The Hall–Kier alpha value is -2.03. The SMILES string of the molecule is O=C1CC2=CC=CC(=CC3CC4CC=CC=C4N3)C2N1. The standard InChI is InChI=1S/C17H18N2O/c20-16-10-13-6-3-5-12(17(13)19-16)9-14-8-11-4-1-2-7-15(11)18-14/h1-3,5-7,9,11,14,17-18H,4,8,10H2,(H,19,20). The smallest absolute Gasteiger partial charge is 0.224 e. The fourth-order valence-corrected chi connectivity index (χ4v) is 3.56. The van der Waals surface area contributed by atoms with Crippen LogP contribution in [0.3, 0.4) is 0 Å². The Kier molecular flexibility index (Phi) is 2.66. The Labute approximate surface area is 118 Å². The van der Waals surface area contributed by atoms with Crippen LogP contribution in [-0.2, 0) is 4.79 Å². The van der Waals surface area contributed by atoms with Crippen LogP contribution in [0.15, 0.2) is 59.4 Å². The summed E-state index contributed by atoms with van der Waals surface area (Å²) < 4.78 is 0. The van der Waals surface area contributed by atoms with Crippen LogP contribution in [-0.4, -0.2) is 18.0 Å². The fraction of sp³-hybridized carbons (Fsp3) is 0.353. The summed E-state index contributed by atoms with van der Waals surface area (Å²) in [6.07, 6.45) is 17.9. The van der Waals surface area contributed by atoms with Gasteiger partial charge in [-0.2, -0.15) is 0 Å². The Morgan fingerprint density at radius 2 is 2.15 bits per heavy atom. The zero-order valence-corrected chi connectivity index (χ0v) is 11.3. The molecule has 1 amide bonds. The van der Waals surface area contributed by atoms with Gasteiger partial charge >= 0.3 is 0 Å². The highest BCUT2D eigenvalue weighted by molar-refractivity contribution is 5.85. The Morgan fingerprint density at radius 1 is 1.20 bits per heavy atom. The van der Waals surface area contributed by atoms with Crippen LogP contribution in [0, 0.1) is 5.92 Å². The molecule has 0 spiro atoms. The van der Waals surface area contributed by atoms with Crippen molar-refractivity contribution >= 4 is 5.91 Å².